The molecule has 0 amide bonds. The number of piperazine rings is 2. The third kappa shape index (κ3) is 20.7. The van der Waals surface area contributed by atoms with Crippen LogP contribution in [0.1, 0.15) is 71.3 Å². The lowest BCUT2D eigenvalue weighted by molar-refractivity contribution is 0.102. The number of aliphatic hydroxyl groups is 2. The first-order valence-electron chi connectivity index (χ1n) is 22.8. The predicted molar refractivity (Wildman–Crippen MR) is 318 cm³/mol. The fraction of sp³-hybridized carbons (Fsp3) is 0.365. The van der Waals surface area contributed by atoms with Gasteiger partial charge in [-0.3, -0.25) is 19.4 Å². The van der Waals surface area contributed by atoms with Crippen molar-refractivity contribution in [1.82, 2.24) is 14.8 Å². The Morgan fingerprint density at radius 2 is 1.27 bits per heavy atom. The number of aliphatic imine (C=N–C) groups is 1. The summed E-state index contributed by atoms with van der Waals surface area (Å²) >= 11 is 10.9. The fourth-order valence-electron chi connectivity index (χ4n) is 7.36. The van der Waals surface area contributed by atoms with Gasteiger partial charge in [-0.1, -0.05) is 85.1 Å². The van der Waals surface area contributed by atoms with Gasteiger partial charge in [0.15, 0.2) is 21.2 Å². The Morgan fingerprint density at radius 3 is 1.74 bits per heavy atom. The van der Waals surface area contributed by atoms with Crippen molar-refractivity contribution >= 4 is 117 Å². The summed E-state index contributed by atoms with van der Waals surface area (Å²) in [6.45, 7) is 12.4. The van der Waals surface area contributed by atoms with Crippen LogP contribution in [0.15, 0.2) is 102 Å². The van der Waals surface area contributed by atoms with Gasteiger partial charge in [-0.05, 0) is 104 Å². The standard InChI is InChI=1S/C24H26N6O2S.C17H27N5OS2.C9H6BrNO.2CH4.H3P/c25-16-17-3-1-4-18(15-17)21(32)22-23(26)28-24(33-22)27-19-5-7-20(8-6-19)30-12-10-29(11-13-30)9-2-14-31;1-2-25-16(18)20-17(24)19-14-4-6-15(7-5-14)22-11-9-21(10-12-22)8-3-13-23;10-5-9(12)8-3-1-2-7(4-8)6-11;;;/h1,3-8,15,31H,2,9-14,26H2,(H,27,28);4-7,23H,2-3,8-13H2,1H3,(H3,18,19,20,24);1-4H,5H2;2*1H4;1H3. The highest BCUT2D eigenvalue weighted by molar-refractivity contribution is 9.09. The number of thiocarbonyl (C=S) groups is 1. The molecule has 0 saturated carbocycles. The second-order valence-electron chi connectivity index (χ2n) is 15.8. The zero-order valence-corrected chi connectivity index (χ0v) is 45.3. The van der Waals surface area contributed by atoms with Gasteiger partial charge in [0, 0.05) is 113 Å². The highest BCUT2D eigenvalue weighted by Crippen LogP contribution is 2.31. The van der Waals surface area contributed by atoms with Gasteiger partial charge in [-0.25, -0.2) is 4.98 Å². The molecule has 0 bridgehead atoms. The maximum atomic E-state index is 12.8. The summed E-state index contributed by atoms with van der Waals surface area (Å²) in [5.74, 6) is 0.793. The van der Waals surface area contributed by atoms with Crippen LogP contribution in [-0.4, -0.2) is 137 Å². The molecule has 3 heterocycles. The number of thioether (sulfide) groups is 1. The van der Waals surface area contributed by atoms with E-state index < -0.39 is 0 Å². The molecule has 392 valence electrons. The number of carbonyl (C=O) groups excluding carboxylic acids is 2. The minimum Gasteiger partial charge on any atom is -0.396 e. The lowest BCUT2D eigenvalue weighted by Gasteiger charge is -2.36. The van der Waals surface area contributed by atoms with Gasteiger partial charge in [-0.2, -0.15) is 25.4 Å². The van der Waals surface area contributed by atoms with E-state index in [1.807, 2.05) is 43.3 Å². The number of benzene rings is 4. The van der Waals surface area contributed by atoms with Crippen molar-refractivity contribution in [2.45, 2.75) is 34.6 Å². The van der Waals surface area contributed by atoms with E-state index in [2.05, 4.69) is 80.4 Å². The van der Waals surface area contributed by atoms with Gasteiger partial charge in [-0.15, -0.1) is 0 Å². The van der Waals surface area contributed by atoms with Crippen molar-refractivity contribution in [3.05, 3.63) is 124 Å². The van der Waals surface area contributed by atoms with Gasteiger partial charge in [0.25, 0.3) is 0 Å². The molecule has 73 heavy (non-hydrogen) atoms. The molecule has 16 nitrogen and oxygen atoms in total. The van der Waals surface area contributed by atoms with Crippen LogP contribution in [0.2, 0.25) is 0 Å². The SMILES string of the molecule is C.C.CCSC(N)=NC(=S)Nc1ccc(N2CCN(CCCO)CC2)cc1.N#Cc1cccc(C(=O)CBr)c1.N#Cc1cccc(C(=O)c2sc(Nc3ccc(N4CCN(CCCO)CC4)cc3)nc2N)c1.P. The second kappa shape index (κ2) is 34.1. The number of aliphatic hydroxyl groups excluding tert-OH is 2. The first-order chi connectivity index (χ1) is 34.0. The highest BCUT2D eigenvalue weighted by atomic mass is 79.9. The van der Waals surface area contributed by atoms with E-state index in [0.29, 0.717) is 47.9 Å². The van der Waals surface area contributed by atoms with Crippen molar-refractivity contribution in [1.29, 1.82) is 10.5 Å². The van der Waals surface area contributed by atoms with Gasteiger partial charge in [0.2, 0.25) is 5.78 Å². The Labute approximate surface area is 456 Å². The molecule has 0 spiro atoms. The number of rotatable bonds is 16. The zero-order valence-electron chi connectivity index (χ0n) is 39.8. The summed E-state index contributed by atoms with van der Waals surface area (Å²) in [5, 5.41) is 43.5. The summed E-state index contributed by atoms with van der Waals surface area (Å²) in [6.07, 6.45) is 1.67. The van der Waals surface area contributed by atoms with Crippen molar-refractivity contribution in [3.8, 4) is 12.1 Å². The first-order valence-corrected chi connectivity index (χ1v) is 26.1. The molecule has 1 aromatic heterocycles. The van der Waals surface area contributed by atoms with Crippen LogP contribution in [0.25, 0.3) is 0 Å². The monoisotopic (exact) mass is 1130 g/mol. The number of hydrogen-bond donors (Lipinski definition) is 6. The molecule has 2 fully saturated rings. The third-order valence-electron chi connectivity index (χ3n) is 11.0. The van der Waals surface area contributed by atoms with E-state index >= 15 is 0 Å². The lowest BCUT2D eigenvalue weighted by Crippen LogP contribution is -2.46. The van der Waals surface area contributed by atoms with Crippen LogP contribution in [0.4, 0.5) is 33.7 Å². The van der Waals surface area contributed by atoms with Crippen molar-refractivity contribution in [2.24, 2.45) is 10.7 Å². The Bertz CT molecular complexity index is 2600. The number of carbonyl (C=O) groups is 2. The number of nitrogens with two attached hydrogens (primary N) is 2. The van der Waals surface area contributed by atoms with Crippen LogP contribution >= 0.6 is 61.1 Å². The summed E-state index contributed by atoms with van der Waals surface area (Å²) in [4.78, 5) is 42.3. The van der Waals surface area contributed by atoms with E-state index in [0.717, 1.165) is 101 Å². The van der Waals surface area contributed by atoms with Crippen molar-refractivity contribution in [2.75, 3.05) is 116 Å². The number of nitriles is 2. The second-order valence-corrected chi connectivity index (χ2v) is 19.1. The Hall–Kier alpha value is -5.51. The Balaban J connectivity index is 0.000000404. The molecule has 1 atom stereocenters. The average Bonchev–Trinajstić information content (AvgIpc) is 3.76. The summed E-state index contributed by atoms with van der Waals surface area (Å²) in [6, 6.07) is 33.6. The summed E-state index contributed by atoms with van der Waals surface area (Å²) < 4.78 is 0. The van der Waals surface area contributed by atoms with Crippen LogP contribution in [0.3, 0.4) is 0 Å². The number of alkyl halides is 1. The highest BCUT2D eigenvalue weighted by Gasteiger charge is 2.20. The number of anilines is 6. The van der Waals surface area contributed by atoms with E-state index in [1.54, 1.807) is 48.5 Å². The number of nitrogens with one attached hydrogen (secondary N) is 2. The number of thiazole rings is 1. The van der Waals surface area contributed by atoms with Gasteiger partial charge >= 0.3 is 0 Å². The molecule has 2 saturated heterocycles. The summed E-state index contributed by atoms with van der Waals surface area (Å²) in [7, 11) is 0. The van der Waals surface area contributed by atoms with Crippen LogP contribution in [-0.2, 0) is 0 Å². The zero-order chi connectivity index (χ0) is 50.3. The maximum absolute atomic E-state index is 12.8. The van der Waals surface area contributed by atoms with Gasteiger partial charge in [0.1, 0.15) is 10.7 Å². The maximum Gasteiger partial charge on any atom is 0.206 e. The normalized spacial score (nSPS) is 13.4. The molecule has 21 heteroatoms. The van der Waals surface area contributed by atoms with Crippen molar-refractivity contribution < 1.29 is 19.8 Å². The molecule has 0 radical (unpaired) electrons. The van der Waals surface area contributed by atoms with E-state index in [1.165, 1.54) is 28.8 Å². The molecule has 2 aliphatic rings. The Morgan fingerprint density at radius 1 is 0.795 bits per heavy atom. The van der Waals surface area contributed by atoms with E-state index in [9.17, 15) is 9.59 Å². The molecule has 4 aromatic carbocycles. The minimum atomic E-state index is -0.247. The van der Waals surface area contributed by atoms with E-state index in [-0.39, 0.29) is 55.4 Å². The number of ketones is 2. The molecular weight excluding hydrogens is 1060 g/mol. The lowest BCUT2D eigenvalue weighted by atomic mass is 10.1. The van der Waals surface area contributed by atoms with Crippen LogP contribution < -0.4 is 31.9 Å². The molecular formula is C52H70BrN12O4PS3. The largest absolute Gasteiger partial charge is 0.396 e. The van der Waals surface area contributed by atoms with Gasteiger partial charge < -0.3 is 42.1 Å². The van der Waals surface area contributed by atoms with E-state index in [4.69, 9.17) is 44.4 Å². The number of halogens is 1. The average molecular weight is 1130 g/mol. The smallest absolute Gasteiger partial charge is 0.206 e. The third-order valence-corrected chi connectivity index (χ3v) is 13.4. The molecule has 7 rings (SSSR count). The molecule has 5 aromatic rings. The topological polar surface area (TPSA) is 236 Å². The van der Waals surface area contributed by atoms with Gasteiger partial charge in [0.05, 0.1) is 28.6 Å². The number of Topliss-reactive ketones (excluding diaryl/α,β-unsaturated/α-hetero) is 1. The molecule has 2 aliphatic heterocycles. The quantitative estimate of drug-likeness (QED) is 0.0136. The van der Waals surface area contributed by atoms with Crippen LogP contribution in [0, 0.1) is 22.7 Å². The number of nitrogens with zero attached hydrogens (tertiary/aromatic N) is 8. The molecule has 0 aliphatic carbocycles. The molecule has 8 N–H and O–H groups in total. The predicted octanol–water partition coefficient (Wildman–Crippen LogP) is 8.50. The summed E-state index contributed by atoms with van der Waals surface area (Å²) in [5.41, 5.74) is 17.9. The van der Waals surface area contributed by atoms with Crippen molar-refractivity contribution in [3.63, 3.8) is 0 Å². The molecule has 1 unspecified atom stereocenters. The minimum absolute atomic E-state index is 0. The number of aromatic nitrogens is 1. The van der Waals surface area contributed by atoms with Crippen LogP contribution in [0.5, 0.6) is 0 Å². The first kappa shape index (κ1) is 63.6. The Kier molecular flexibility index (Phi) is 29.7. The number of hydrogen-bond acceptors (Lipinski definition) is 16. The number of nitrogen functional groups attached to an aromatic ring is 1. The number of amidine groups is 1. The fourth-order valence-corrected chi connectivity index (χ4v) is 9.28.